The Morgan fingerprint density at radius 3 is 2.61 bits per heavy atom. The number of aromatic nitrogens is 4. The Morgan fingerprint density at radius 1 is 0.913 bits per heavy atom. The van der Waals surface area contributed by atoms with E-state index >= 15 is 0 Å². The van der Waals surface area contributed by atoms with E-state index in [1.165, 1.54) is 5.56 Å². The van der Waals surface area contributed by atoms with E-state index in [-0.39, 0.29) is 0 Å². The number of fused-ring (bicyclic) bond motifs is 1. The lowest BCUT2D eigenvalue weighted by molar-refractivity contribution is 0.813. The van der Waals surface area contributed by atoms with Gasteiger partial charge >= 0.3 is 0 Å². The van der Waals surface area contributed by atoms with Gasteiger partial charge in [0.2, 0.25) is 0 Å². The quantitative estimate of drug-likeness (QED) is 0.568. The molecular weight excluding hydrogens is 308 g/mol. The van der Waals surface area contributed by atoms with Crippen molar-refractivity contribution in [3.05, 3.63) is 77.8 Å². The summed E-state index contributed by atoms with van der Waals surface area (Å²) in [7, 11) is 0. The largest absolute Gasteiger partial charge is 0.311 e. The van der Waals surface area contributed by atoms with Gasteiger partial charge < -0.3 is 4.57 Å². The summed E-state index contributed by atoms with van der Waals surface area (Å²) < 4.78 is 2.03. The number of hydrogen-bond donors (Lipinski definition) is 0. The highest BCUT2D eigenvalue weighted by Crippen LogP contribution is 2.26. The van der Waals surface area contributed by atoms with Gasteiger partial charge in [0, 0.05) is 10.6 Å². The van der Waals surface area contributed by atoms with Crippen molar-refractivity contribution in [1.82, 2.24) is 19.5 Å². The predicted molar refractivity (Wildman–Crippen MR) is 91.3 cm³/mol. The molecule has 2 aromatic heterocycles. The minimum Gasteiger partial charge on any atom is -0.311 e. The molecular formula is C18H13ClN4. The number of nitrogens with zero attached hydrogens (tertiary/aromatic N) is 4. The van der Waals surface area contributed by atoms with Crippen molar-refractivity contribution in [2.75, 3.05) is 0 Å². The third-order valence-corrected chi connectivity index (χ3v) is 3.93. The molecule has 2 aromatic carbocycles. The van der Waals surface area contributed by atoms with Crippen LogP contribution < -0.4 is 0 Å². The maximum absolute atomic E-state index is 6.09. The molecule has 0 aliphatic heterocycles. The van der Waals surface area contributed by atoms with Crippen LogP contribution >= 0.6 is 11.6 Å². The van der Waals surface area contributed by atoms with Crippen molar-refractivity contribution in [3.63, 3.8) is 0 Å². The van der Waals surface area contributed by atoms with Gasteiger partial charge in [0.05, 0.1) is 12.9 Å². The topological polar surface area (TPSA) is 43.6 Å². The fourth-order valence-corrected chi connectivity index (χ4v) is 2.81. The fraction of sp³-hybridized carbons (Fsp3) is 0.0556. The minimum absolute atomic E-state index is 0.679. The highest BCUT2D eigenvalue weighted by atomic mass is 35.5. The van der Waals surface area contributed by atoms with E-state index in [9.17, 15) is 0 Å². The Kier molecular flexibility index (Phi) is 3.52. The molecule has 0 N–H and O–H groups in total. The molecule has 4 rings (SSSR count). The van der Waals surface area contributed by atoms with Gasteiger partial charge in [-0.3, -0.25) is 0 Å². The van der Waals surface area contributed by atoms with Gasteiger partial charge in [-0.2, -0.15) is 0 Å². The van der Waals surface area contributed by atoms with Crippen molar-refractivity contribution in [1.29, 1.82) is 0 Å². The van der Waals surface area contributed by atoms with Crippen LogP contribution in [0.15, 0.2) is 67.3 Å². The summed E-state index contributed by atoms with van der Waals surface area (Å²) in [6, 6.07) is 17.9. The summed E-state index contributed by atoms with van der Waals surface area (Å²) in [6.07, 6.45) is 3.38. The first-order valence-electron chi connectivity index (χ1n) is 7.27. The number of benzene rings is 2. The van der Waals surface area contributed by atoms with Crippen LogP contribution in [-0.4, -0.2) is 19.5 Å². The standard InChI is InChI=1S/C18H13ClN4/c19-15-8-4-7-14(9-15)16-17-18(21-11-20-16)23(12-22-17)10-13-5-2-1-3-6-13/h1-9,11-12H,10H2. The van der Waals surface area contributed by atoms with Crippen molar-refractivity contribution in [2.24, 2.45) is 0 Å². The van der Waals surface area contributed by atoms with Gasteiger partial charge in [-0.1, -0.05) is 54.1 Å². The second-order valence-corrected chi connectivity index (χ2v) is 5.70. The second-order valence-electron chi connectivity index (χ2n) is 5.26. The van der Waals surface area contributed by atoms with Crippen LogP contribution in [0.3, 0.4) is 0 Å². The van der Waals surface area contributed by atoms with Crippen molar-refractivity contribution in [2.45, 2.75) is 6.54 Å². The molecule has 0 saturated carbocycles. The van der Waals surface area contributed by atoms with E-state index in [1.54, 1.807) is 12.7 Å². The van der Waals surface area contributed by atoms with E-state index in [0.717, 1.165) is 29.0 Å². The molecule has 23 heavy (non-hydrogen) atoms. The zero-order valence-electron chi connectivity index (χ0n) is 12.2. The summed E-state index contributed by atoms with van der Waals surface area (Å²) >= 11 is 6.09. The van der Waals surface area contributed by atoms with Crippen LogP contribution in [0.2, 0.25) is 5.02 Å². The molecule has 0 amide bonds. The lowest BCUT2D eigenvalue weighted by Gasteiger charge is -2.05. The van der Waals surface area contributed by atoms with Gasteiger partial charge in [0.1, 0.15) is 17.5 Å². The van der Waals surface area contributed by atoms with E-state index in [2.05, 4.69) is 27.1 Å². The maximum atomic E-state index is 6.09. The van der Waals surface area contributed by atoms with E-state index in [1.807, 2.05) is 47.0 Å². The highest BCUT2D eigenvalue weighted by Gasteiger charge is 2.12. The first-order valence-corrected chi connectivity index (χ1v) is 7.65. The van der Waals surface area contributed by atoms with Crippen LogP contribution in [-0.2, 0) is 6.54 Å². The summed E-state index contributed by atoms with van der Waals surface area (Å²) in [5.74, 6) is 0. The molecule has 0 fully saturated rings. The van der Waals surface area contributed by atoms with Crippen molar-refractivity contribution >= 4 is 22.8 Å². The molecule has 0 atom stereocenters. The molecule has 0 unspecified atom stereocenters. The molecule has 4 aromatic rings. The summed E-state index contributed by atoms with van der Waals surface area (Å²) in [5.41, 5.74) is 4.54. The van der Waals surface area contributed by atoms with Gasteiger partial charge in [-0.25, -0.2) is 15.0 Å². The molecule has 0 saturated heterocycles. The lowest BCUT2D eigenvalue weighted by Crippen LogP contribution is -1.99. The van der Waals surface area contributed by atoms with Crippen LogP contribution in [0.5, 0.6) is 0 Å². The van der Waals surface area contributed by atoms with Crippen LogP contribution in [0.1, 0.15) is 5.56 Å². The molecule has 0 aliphatic carbocycles. The van der Waals surface area contributed by atoms with Crippen molar-refractivity contribution < 1.29 is 0 Å². The Balaban J connectivity index is 1.81. The highest BCUT2D eigenvalue weighted by molar-refractivity contribution is 6.30. The lowest BCUT2D eigenvalue weighted by atomic mass is 10.1. The monoisotopic (exact) mass is 320 g/mol. The van der Waals surface area contributed by atoms with Crippen molar-refractivity contribution in [3.8, 4) is 11.3 Å². The molecule has 112 valence electrons. The average Bonchev–Trinajstić information content (AvgIpc) is 2.99. The average molecular weight is 321 g/mol. The molecule has 0 bridgehead atoms. The molecule has 5 heteroatoms. The Labute approximate surface area is 138 Å². The van der Waals surface area contributed by atoms with Gasteiger partial charge in [-0.15, -0.1) is 0 Å². The van der Waals surface area contributed by atoms with E-state index < -0.39 is 0 Å². The molecule has 0 spiro atoms. The van der Waals surface area contributed by atoms with E-state index in [4.69, 9.17) is 11.6 Å². The van der Waals surface area contributed by atoms with Crippen LogP contribution in [0.4, 0.5) is 0 Å². The van der Waals surface area contributed by atoms with Gasteiger partial charge in [0.15, 0.2) is 5.65 Å². The summed E-state index contributed by atoms with van der Waals surface area (Å²) in [4.78, 5) is 13.3. The summed E-state index contributed by atoms with van der Waals surface area (Å²) in [5, 5.41) is 0.679. The molecule has 0 aliphatic rings. The number of rotatable bonds is 3. The third kappa shape index (κ3) is 2.69. The Morgan fingerprint density at radius 2 is 1.78 bits per heavy atom. The molecule has 0 radical (unpaired) electrons. The maximum Gasteiger partial charge on any atom is 0.164 e. The second kappa shape index (κ2) is 5.82. The number of imidazole rings is 1. The first kappa shape index (κ1) is 13.9. The fourth-order valence-electron chi connectivity index (χ4n) is 2.62. The number of halogens is 1. The smallest absolute Gasteiger partial charge is 0.164 e. The zero-order valence-corrected chi connectivity index (χ0v) is 13.0. The minimum atomic E-state index is 0.679. The Bertz CT molecular complexity index is 963. The van der Waals surface area contributed by atoms with Crippen LogP contribution in [0, 0.1) is 0 Å². The molecule has 2 heterocycles. The van der Waals surface area contributed by atoms with Gasteiger partial charge in [-0.05, 0) is 17.7 Å². The molecule has 4 nitrogen and oxygen atoms in total. The van der Waals surface area contributed by atoms with Crippen LogP contribution in [0.25, 0.3) is 22.4 Å². The Hall–Kier alpha value is -2.72. The third-order valence-electron chi connectivity index (χ3n) is 3.70. The van der Waals surface area contributed by atoms with Gasteiger partial charge in [0.25, 0.3) is 0 Å². The normalized spacial score (nSPS) is 11.0. The summed E-state index contributed by atoms with van der Waals surface area (Å²) in [6.45, 7) is 0.726. The first-order chi connectivity index (χ1) is 11.3. The SMILES string of the molecule is Clc1cccc(-c2ncnc3c2ncn3Cc2ccccc2)c1. The van der Waals surface area contributed by atoms with E-state index in [0.29, 0.717) is 5.02 Å². The number of hydrogen-bond acceptors (Lipinski definition) is 3. The zero-order chi connectivity index (χ0) is 15.6. The predicted octanol–water partition coefficient (Wildman–Crippen LogP) is 4.20.